The van der Waals surface area contributed by atoms with E-state index in [1.54, 1.807) is 12.1 Å². The summed E-state index contributed by atoms with van der Waals surface area (Å²) in [6, 6.07) is 9.18. The van der Waals surface area contributed by atoms with E-state index in [2.05, 4.69) is 9.97 Å². The van der Waals surface area contributed by atoms with E-state index in [0.717, 1.165) is 5.69 Å². The predicted octanol–water partition coefficient (Wildman–Crippen LogP) is 4.16. The van der Waals surface area contributed by atoms with Crippen molar-refractivity contribution in [1.82, 2.24) is 9.97 Å². The quantitative estimate of drug-likeness (QED) is 0.710. The van der Waals surface area contributed by atoms with E-state index in [9.17, 15) is 5.26 Å². The molecular formula is C15H10ClN3O2. The highest BCUT2D eigenvalue weighted by Crippen LogP contribution is 2.37. The number of halogens is 1. The smallest absolute Gasteiger partial charge is 0.258 e. The Balaban J connectivity index is 2.14. The molecule has 2 heterocycles. The van der Waals surface area contributed by atoms with E-state index in [4.69, 9.17) is 20.8 Å². The van der Waals surface area contributed by atoms with Crippen LogP contribution in [0.3, 0.4) is 0 Å². The third-order valence-electron chi connectivity index (χ3n) is 3.09. The number of nitrogens with zero attached hydrogens (tertiary/aromatic N) is 3. The first-order valence-corrected chi connectivity index (χ1v) is 6.58. The van der Waals surface area contributed by atoms with Gasteiger partial charge in [-0.3, -0.25) is 0 Å². The van der Waals surface area contributed by atoms with Gasteiger partial charge in [-0.25, -0.2) is 9.97 Å². The lowest BCUT2D eigenvalue weighted by Crippen LogP contribution is -1.97. The number of rotatable bonds is 2. The molecule has 0 spiro atoms. The third kappa shape index (κ3) is 2.30. The second-order valence-corrected chi connectivity index (χ2v) is 4.82. The molecule has 0 aliphatic rings. The minimum atomic E-state index is 0.0762. The van der Waals surface area contributed by atoms with Crippen LogP contribution in [0.2, 0.25) is 5.15 Å². The van der Waals surface area contributed by atoms with Gasteiger partial charge in [-0.2, -0.15) is 5.26 Å². The van der Waals surface area contributed by atoms with Crippen LogP contribution in [-0.2, 0) is 0 Å². The molecule has 1 aromatic carbocycles. The Morgan fingerprint density at radius 1 is 1.19 bits per heavy atom. The zero-order valence-electron chi connectivity index (χ0n) is 11.3. The first-order chi connectivity index (χ1) is 10.1. The van der Waals surface area contributed by atoms with Gasteiger partial charge < -0.3 is 9.15 Å². The topological polar surface area (TPSA) is 71.9 Å². The number of ether oxygens (including phenoxy) is 1. The molecule has 5 nitrogen and oxygen atoms in total. The molecular weight excluding hydrogens is 290 g/mol. The third-order valence-corrected chi connectivity index (χ3v) is 3.33. The number of aryl methyl sites for hydroxylation is 2. The van der Waals surface area contributed by atoms with Crippen molar-refractivity contribution in [1.29, 1.82) is 5.26 Å². The highest BCUT2D eigenvalue weighted by Gasteiger charge is 2.18. The Hall–Kier alpha value is -2.58. The van der Waals surface area contributed by atoms with Crippen molar-refractivity contribution in [3.8, 4) is 17.7 Å². The number of fused-ring (bicyclic) bond motifs is 1. The summed E-state index contributed by atoms with van der Waals surface area (Å²) in [5, 5.41) is 10.0. The van der Waals surface area contributed by atoms with Gasteiger partial charge in [0, 0.05) is 0 Å². The van der Waals surface area contributed by atoms with Crippen LogP contribution >= 0.6 is 11.6 Å². The maximum absolute atomic E-state index is 9.17. The summed E-state index contributed by atoms with van der Waals surface area (Å²) in [4.78, 5) is 8.42. The number of aromatic nitrogens is 2. The van der Waals surface area contributed by atoms with E-state index in [1.807, 2.05) is 32.0 Å². The molecule has 104 valence electrons. The second kappa shape index (κ2) is 5.08. The minimum absolute atomic E-state index is 0.0762. The largest absolute Gasteiger partial charge is 0.442 e. The molecule has 0 radical (unpaired) electrons. The highest BCUT2D eigenvalue weighted by molar-refractivity contribution is 6.30. The number of para-hydroxylation sites is 1. The first kappa shape index (κ1) is 13.4. The summed E-state index contributed by atoms with van der Waals surface area (Å²) in [6.07, 6.45) is 0. The highest BCUT2D eigenvalue weighted by atomic mass is 35.5. The average Bonchev–Trinajstić information content (AvgIpc) is 2.83. The second-order valence-electron chi connectivity index (χ2n) is 4.46. The van der Waals surface area contributed by atoms with Crippen molar-refractivity contribution in [2.24, 2.45) is 0 Å². The van der Waals surface area contributed by atoms with Crippen LogP contribution < -0.4 is 4.74 Å². The number of hydrogen-bond acceptors (Lipinski definition) is 5. The van der Waals surface area contributed by atoms with Crippen LogP contribution in [0.4, 0.5) is 0 Å². The monoisotopic (exact) mass is 299 g/mol. The van der Waals surface area contributed by atoms with E-state index in [1.165, 1.54) is 0 Å². The lowest BCUT2D eigenvalue weighted by molar-refractivity contribution is 0.446. The van der Waals surface area contributed by atoms with Gasteiger partial charge >= 0.3 is 0 Å². The van der Waals surface area contributed by atoms with E-state index in [-0.39, 0.29) is 16.8 Å². The minimum Gasteiger partial charge on any atom is -0.442 e. The van der Waals surface area contributed by atoms with Crippen LogP contribution in [-0.4, -0.2) is 9.97 Å². The summed E-state index contributed by atoms with van der Waals surface area (Å²) < 4.78 is 11.1. The van der Waals surface area contributed by atoms with Gasteiger partial charge in [0.25, 0.3) is 5.88 Å². The Bertz CT molecular complexity index is 880. The van der Waals surface area contributed by atoms with Crippen molar-refractivity contribution in [2.45, 2.75) is 13.8 Å². The number of hydrogen-bond donors (Lipinski definition) is 0. The first-order valence-electron chi connectivity index (χ1n) is 6.20. The van der Waals surface area contributed by atoms with E-state index < -0.39 is 0 Å². The van der Waals surface area contributed by atoms with E-state index in [0.29, 0.717) is 22.4 Å². The summed E-state index contributed by atoms with van der Waals surface area (Å²) in [6.45, 7) is 3.62. The van der Waals surface area contributed by atoms with Crippen LogP contribution in [0, 0.1) is 25.2 Å². The molecule has 0 fully saturated rings. The molecule has 3 aromatic rings. The number of benzene rings is 1. The fraction of sp³-hybridized carbons (Fsp3) is 0.133. The van der Waals surface area contributed by atoms with Gasteiger partial charge in [0.2, 0.25) is 5.76 Å². The van der Waals surface area contributed by atoms with Crippen LogP contribution in [0.25, 0.3) is 11.0 Å². The van der Waals surface area contributed by atoms with Crippen molar-refractivity contribution in [3.63, 3.8) is 0 Å². The molecule has 3 rings (SSSR count). The van der Waals surface area contributed by atoms with Crippen molar-refractivity contribution in [3.05, 3.63) is 46.6 Å². The Kier molecular flexibility index (Phi) is 3.24. The Morgan fingerprint density at radius 3 is 2.67 bits per heavy atom. The number of furan rings is 1. The summed E-state index contributed by atoms with van der Waals surface area (Å²) >= 11 is 6.05. The average molecular weight is 300 g/mol. The van der Waals surface area contributed by atoms with Gasteiger partial charge in [0.05, 0.1) is 16.8 Å². The normalized spacial score (nSPS) is 10.6. The molecule has 2 aromatic heterocycles. The zero-order chi connectivity index (χ0) is 15.0. The zero-order valence-corrected chi connectivity index (χ0v) is 12.1. The maximum Gasteiger partial charge on any atom is 0.258 e. The molecule has 6 heteroatoms. The summed E-state index contributed by atoms with van der Waals surface area (Å²) in [7, 11) is 0. The lowest BCUT2D eigenvalue weighted by atomic mass is 10.2. The fourth-order valence-corrected chi connectivity index (χ4v) is 2.12. The molecule has 0 saturated carbocycles. The van der Waals surface area contributed by atoms with Crippen molar-refractivity contribution >= 4 is 22.6 Å². The Morgan fingerprint density at radius 2 is 1.90 bits per heavy atom. The Labute approximate surface area is 125 Å². The molecule has 0 aliphatic heterocycles. The van der Waals surface area contributed by atoms with Crippen molar-refractivity contribution in [2.75, 3.05) is 0 Å². The van der Waals surface area contributed by atoms with Crippen LogP contribution in [0.5, 0.6) is 11.6 Å². The molecule has 0 N–H and O–H groups in total. The van der Waals surface area contributed by atoms with Crippen molar-refractivity contribution < 1.29 is 9.15 Å². The van der Waals surface area contributed by atoms with Gasteiger partial charge in [-0.15, -0.1) is 0 Å². The molecule has 21 heavy (non-hydrogen) atoms. The standard InChI is InChI=1S/C15H10ClN3O2/c1-8-9(2)19-15(14(16)18-8)21-13-10-5-3-4-6-11(10)20-12(13)7-17/h3-6H,1-2H3. The van der Waals surface area contributed by atoms with E-state index >= 15 is 0 Å². The van der Waals surface area contributed by atoms with Crippen LogP contribution in [0.1, 0.15) is 17.1 Å². The summed E-state index contributed by atoms with van der Waals surface area (Å²) in [5.41, 5.74) is 2.00. The fourth-order valence-electron chi connectivity index (χ4n) is 1.91. The van der Waals surface area contributed by atoms with Gasteiger partial charge in [0.15, 0.2) is 10.9 Å². The SMILES string of the molecule is Cc1nc(Cl)c(Oc2c(C#N)oc3ccccc23)nc1C. The van der Waals surface area contributed by atoms with Gasteiger partial charge in [0.1, 0.15) is 11.7 Å². The maximum atomic E-state index is 9.17. The predicted molar refractivity (Wildman–Crippen MR) is 77.5 cm³/mol. The van der Waals surface area contributed by atoms with Gasteiger partial charge in [-0.1, -0.05) is 23.7 Å². The number of nitriles is 1. The summed E-state index contributed by atoms with van der Waals surface area (Å²) in [5.74, 6) is 0.530. The molecule has 0 atom stereocenters. The molecule has 0 unspecified atom stereocenters. The lowest BCUT2D eigenvalue weighted by Gasteiger charge is -2.07. The molecule has 0 aliphatic carbocycles. The van der Waals surface area contributed by atoms with Crippen LogP contribution in [0.15, 0.2) is 28.7 Å². The molecule has 0 saturated heterocycles. The molecule has 0 amide bonds. The van der Waals surface area contributed by atoms with Gasteiger partial charge in [-0.05, 0) is 26.0 Å². The molecule has 0 bridgehead atoms.